The molecule has 5 nitrogen and oxygen atoms in total. The van der Waals surface area contributed by atoms with Crippen LogP contribution in [0.1, 0.15) is 79.0 Å². The Hall–Kier alpha value is -7.33. The number of ether oxygens (including phenoxy) is 1. The first-order valence-corrected chi connectivity index (χ1v) is 25.1. The summed E-state index contributed by atoms with van der Waals surface area (Å²) >= 11 is 0. The van der Waals surface area contributed by atoms with Crippen molar-refractivity contribution in [3.05, 3.63) is 223 Å². The van der Waals surface area contributed by atoms with Crippen molar-refractivity contribution in [3.8, 4) is 62.1 Å². The van der Waals surface area contributed by atoms with Gasteiger partial charge in [-0.25, -0.2) is 4.98 Å². The molecule has 0 N–H and O–H groups in total. The van der Waals surface area contributed by atoms with E-state index in [0.29, 0.717) is 11.5 Å². The molecule has 0 radical (unpaired) electrons. The van der Waals surface area contributed by atoms with Gasteiger partial charge in [0.25, 0.3) is 6.33 Å². The number of fused-ring (bicyclic) bond motifs is 4. The van der Waals surface area contributed by atoms with Gasteiger partial charge in [-0.3, -0.25) is 4.57 Å². The van der Waals surface area contributed by atoms with Gasteiger partial charge in [-0.15, -0.1) is 29.7 Å². The Morgan fingerprint density at radius 3 is 1.78 bits per heavy atom. The fourth-order valence-electron chi connectivity index (χ4n) is 10.0. The van der Waals surface area contributed by atoms with Gasteiger partial charge in [-0.05, 0) is 90.4 Å². The Labute approximate surface area is 445 Å². The van der Waals surface area contributed by atoms with Crippen molar-refractivity contribution in [3.63, 3.8) is 0 Å². The molecule has 73 heavy (non-hydrogen) atoms. The van der Waals surface area contributed by atoms with Crippen LogP contribution in [0.4, 0.5) is 0 Å². The monoisotopic (exact) mass is 1130 g/mol. The predicted octanol–water partition coefficient (Wildman–Crippen LogP) is 16.8. The molecule has 0 amide bonds. The minimum absolute atomic E-state index is 0. The molecule has 0 saturated carbocycles. The van der Waals surface area contributed by atoms with Gasteiger partial charge < -0.3 is 13.9 Å². The molecule has 0 aliphatic heterocycles. The summed E-state index contributed by atoms with van der Waals surface area (Å²) < 4.78 is 13.3. The fourth-order valence-corrected chi connectivity index (χ4v) is 10.0. The van der Waals surface area contributed by atoms with Gasteiger partial charge in [0.15, 0.2) is 0 Å². The summed E-state index contributed by atoms with van der Waals surface area (Å²) in [4.78, 5) is 5.16. The molecule has 6 heteroatoms. The molecule has 11 aromatic rings. The maximum absolute atomic E-state index is 6.76. The van der Waals surface area contributed by atoms with E-state index in [1.54, 1.807) is 0 Å². The second-order valence-corrected chi connectivity index (χ2v) is 22.4. The maximum atomic E-state index is 6.76. The molecule has 0 bridgehead atoms. The van der Waals surface area contributed by atoms with Crippen molar-refractivity contribution in [1.82, 2.24) is 14.1 Å². The number of benzene rings is 8. The van der Waals surface area contributed by atoms with Crippen LogP contribution in [0.5, 0.6) is 11.5 Å². The second kappa shape index (κ2) is 19.3. The fraction of sp³-hybridized carbons (Fsp3) is 0.194. The first-order valence-electron chi connectivity index (χ1n) is 25.1. The molecule has 366 valence electrons. The Morgan fingerprint density at radius 2 is 1.11 bits per heavy atom. The van der Waals surface area contributed by atoms with Crippen molar-refractivity contribution < 1.29 is 30.4 Å². The Morgan fingerprint density at radius 1 is 0.521 bits per heavy atom. The molecule has 0 atom stereocenters. The summed E-state index contributed by atoms with van der Waals surface area (Å²) in [5, 5.41) is 2.21. The van der Waals surface area contributed by atoms with E-state index in [4.69, 9.17) is 9.72 Å². The van der Waals surface area contributed by atoms with Crippen LogP contribution in [0.3, 0.4) is 0 Å². The van der Waals surface area contributed by atoms with Crippen LogP contribution < -0.4 is 9.30 Å². The second-order valence-electron chi connectivity index (χ2n) is 22.4. The number of pyridine rings is 1. The summed E-state index contributed by atoms with van der Waals surface area (Å²) in [7, 11) is 0. The van der Waals surface area contributed by atoms with Gasteiger partial charge in [0, 0.05) is 49.8 Å². The Bertz CT molecular complexity index is 3780. The summed E-state index contributed by atoms with van der Waals surface area (Å²) in [5.74, 6) is 2.00. The van der Waals surface area contributed by atoms with Crippen molar-refractivity contribution in [2.24, 2.45) is 5.41 Å². The first kappa shape index (κ1) is 49.3. The van der Waals surface area contributed by atoms with Crippen molar-refractivity contribution in [2.45, 2.75) is 79.6 Å². The average Bonchev–Trinajstić information content (AvgIpc) is 3.91. The number of imidazole rings is 1. The van der Waals surface area contributed by atoms with Crippen molar-refractivity contribution in [1.29, 1.82) is 0 Å². The largest absolute Gasteiger partial charge is 0.510 e. The van der Waals surface area contributed by atoms with Gasteiger partial charge in [-0.1, -0.05) is 207 Å². The molecule has 0 unspecified atom stereocenters. The van der Waals surface area contributed by atoms with Gasteiger partial charge >= 0.3 is 0 Å². The maximum Gasteiger partial charge on any atom is 0.268 e. The molecule has 0 saturated heterocycles. The van der Waals surface area contributed by atoms with E-state index in [1.165, 1.54) is 22.3 Å². The van der Waals surface area contributed by atoms with Gasteiger partial charge in [0.1, 0.15) is 5.82 Å². The molecule has 0 spiro atoms. The van der Waals surface area contributed by atoms with Crippen molar-refractivity contribution in [2.75, 3.05) is 0 Å². The van der Waals surface area contributed by atoms with E-state index >= 15 is 0 Å². The summed E-state index contributed by atoms with van der Waals surface area (Å²) in [6, 6.07) is 71.9. The number of hydrogen-bond acceptors (Lipinski definition) is 2. The quantitative estimate of drug-likeness (QED) is 0.107. The molecule has 8 aromatic carbocycles. The summed E-state index contributed by atoms with van der Waals surface area (Å²) in [6.45, 7) is 20.7. The first-order chi connectivity index (χ1) is 34.6. The van der Waals surface area contributed by atoms with Crippen LogP contribution >= 0.6 is 0 Å². The average molecular weight is 1130 g/mol. The van der Waals surface area contributed by atoms with E-state index in [1.807, 2.05) is 24.4 Å². The van der Waals surface area contributed by atoms with Crippen molar-refractivity contribution >= 4 is 32.8 Å². The molecule has 0 aliphatic carbocycles. The van der Waals surface area contributed by atoms with Gasteiger partial charge in [0.2, 0.25) is 0 Å². The molecule has 0 aliphatic rings. The smallest absolute Gasteiger partial charge is 0.268 e. The van der Waals surface area contributed by atoms with Crippen LogP contribution in [0.25, 0.3) is 83.4 Å². The predicted molar refractivity (Wildman–Crippen MR) is 297 cm³/mol. The Kier molecular flexibility index (Phi) is 13.0. The number of hydrogen-bond donors (Lipinski definition) is 0. The van der Waals surface area contributed by atoms with Crippen LogP contribution in [-0.4, -0.2) is 14.1 Å². The van der Waals surface area contributed by atoms with Crippen LogP contribution in [0.15, 0.2) is 188 Å². The molecule has 3 aromatic heterocycles. The number of para-hydroxylation sites is 4. The van der Waals surface area contributed by atoms with Crippen LogP contribution in [0.2, 0.25) is 0 Å². The minimum atomic E-state index is -0.0460. The van der Waals surface area contributed by atoms with Gasteiger partial charge in [0.05, 0.1) is 16.7 Å². The van der Waals surface area contributed by atoms with Crippen LogP contribution in [0, 0.1) is 23.9 Å². The number of nitrogens with zero attached hydrogens (tertiary/aromatic N) is 4. The SMILES string of the molecule is CC(C)(C)Cc1cc(-n2c3[c-]c(Oc4[c-]c(-n5[c-][n+](-c6c(-c7ccccc7)cccc6-c6cc(C(C)(C)C)cc(C(C)(C)C)c6)c6ccccc65)ccc4)ccc3c3ccccc32)ncc1-c1ccccc1.[Pt]. The molecule has 11 rings (SSSR count). The van der Waals surface area contributed by atoms with Gasteiger partial charge in [-0.2, -0.15) is 18.2 Å². The summed E-state index contributed by atoms with van der Waals surface area (Å²) in [6.07, 6.45) is 6.78. The number of rotatable bonds is 9. The van der Waals surface area contributed by atoms with E-state index in [9.17, 15) is 0 Å². The summed E-state index contributed by atoms with van der Waals surface area (Å²) in [5.41, 5.74) is 16.6. The minimum Gasteiger partial charge on any atom is -0.510 e. The zero-order valence-electron chi connectivity index (χ0n) is 43.1. The topological polar surface area (TPSA) is 35.9 Å². The van der Waals surface area contributed by atoms with E-state index < -0.39 is 0 Å². The zero-order valence-corrected chi connectivity index (χ0v) is 45.4. The molecule has 0 fully saturated rings. The molecule has 3 heterocycles. The normalized spacial score (nSPS) is 12.1. The third-order valence-electron chi connectivity index (χ3n) is 13.7. The molecular weight excluding hydrogens is 1070 g/mol. The van der Waals surface area contributed by atoms with E-state index in [-0.39, 0.29) is 37.3 Å². The Balaban J connectivity index is 0.00000611. The van der Waals surface area contributed by atoms with Crippen LogP contribution in [-0.2, 0) is 38.3 Å². The third kappa shape index (κ3) is 9.72. The van der Waals surface area contributed by atoms with E-state index in [2.05, 4.69) is 258 Å². The third-order valence-corrected chi connectivity index (χ3v) is 13.7. The van der Waals surface area contributed by atoms with E-state index in [0.717, 1.165) is 84.3 Å². The molecular formula is C67H60N4OPt-2. The standard InChI is InChI=1S/C67H60N4O.Pt/c1-65(2,3)42-48-38-63(68-43-58(48)46-24-14-11-15-25-46)71-59-31-17-16-28-56(59)57-35-34-53(41-62(57)71)72-52-27-20-26-51(40-52)69-44-70(61-33-19-18-32-60(61)69)64-54(45-22-12-10-13-23-45)29-21-30-55(64)47-36-49(66(4,5)6)39-50(37-47)67(7,8)9;/h10-39,43H,42H2,1-9H3;/q-2;. The zero-order chi connectivity index (χ0) is 49.9. The number of aromatic nitrogens is 4.